The Hall–Kier alpha value is -1.52. The summed E-state index contributed by atoms with van der Waals surface area (Å²) in [6.45, 7) is 6.75. The molecule has 2 aromatic rings. The first-order valence-corrected chi connectivity index (χ1v) is 8.50. The minimum Gasteiger partial charge on any atom is -0.491 e. The fourth-order valence-corrected chi connectivity index (χ4v) is 3.01. The van der Waals surface area contributed by atoms with Gasteiger partial charge in [0.2, 0.25) is 0 Å². The Balaban J connectivity index is 1.81. The van der Waals surface area contributed by atoms with Gasteiger partial charge in [-0.25, -0.2) is 4.98 Å². The Labute approximate surface area is 136 Å². The van der Waals surface area contributed by atoms with E-state index in [1.54, 1.807) is 6.20 Å². The third kappa shape index (κ3) is 5.04. The van der Waals surface area contributed by atoms with E-state index >= 15 is 0 Å². The predicted molar refractivity (Wildman–Crippen MR) is 91.7 cm³/mol. The average Bonchev–Trinajstić information content (AvgIpc) is 2.51. The molecule has 0 saturated heterocycles. The topological polar surface area (TPSA) is 42.4 Å². The number of hydrogen-bond donors (Lipinski definition) is 1. The third-order valence-electron chi connectivity index (χ3n) is 3.37. The molecule has 0 radical (unpaired) electrons. The number of hydrogen-bond acceptors (Lipinski definition) is 4. The minimum atomic E-state index is -0.517. The van der Waals surface area contributed by atoms with Crippen LogP contribution < -0.4 is 4.74 Å². The lowest BCUT2D eigenvalue weighted by molar-refractivity contribution is 0.126. The van der Waals surface area contributed by atoms with Gasteiger partial charge in [-0.1, -0.05) is 26.0 Å². The Morgan fingerprint density at radius 2 is 2.05 bits per heavy atom. The number of thioether (sulfide) groups is 1. The van der Waals surface area contributed by atoms with Crippen LogP contribution in [-0.2, 0) is 0 Å². The predicted octanol–water partition coefficient (Wildman–Crippen LogP) is 4.05. The van der Waals surface area contributed by atoms with Crippen LogP contribution >= 0.6 is 11.8 Å². The van der Waals surface area contributed by atoms with Crippen molar-refractivity contribution in [2.45, 2.75) is 37.8 Å². The molecule has 0 aliphatic rings. The fraction of sp³-hybridized carbons (Fsp3) is 0.389. The van der Waals surface area contributed by atoms with Crippen LogP contribution in [0.2, 0.25) is 0 Å². The van der Waals surface area contributed by atoms with Gasteiger partial charge in [-0.2, -0.15) is 0 Å². The van der Waals surface area contributed by atoms with E-state index in [1.165, 1.54) is 22.9 Å². The van der Waals surface area contributed by atoms with Crippen LogP contribution in [0.5, 0.6) is 5.75 Å². The molecule has 118 valence electrons. The second-order valence-electron chi connectivity index (χ2n) is 5.62. The number of pyridine rings is 1. The summed E-state index contributed by atoms with van der Waals surface area (Å²) in [4.78, 5) is 4.22. The number of aliphatic hydroxyl groups excluding tert-OH is 1. The lowest BCUT2D eigenvalue weighted by atomic mass is 9.98. The van der Waals surface area contributed by atoms with E-state index in [0.717, 1.165) is 10.8 Å². The fourth-order valence-electron chi connectivity index (χ4n) is 2.24. The molecule has 1 N–H and O–H groups in total. The molecule has 1 heterocycles. The van der Waals surface area contributed by atoms with Crippen LogP contribution in [-0.4, -0.2) is 28.6 Å². The summed E-state index contributed by atoms with van der Waals surface area (Å²) < 4.78 is 5.69. The van der Waals surface area contributed by atoms with Gasteiger partial charge in [0.25, 0.3) is 0 Å². The number of aryl methyl sites for hydroxylation is 1. The average molecular weight is 317 g/mol. The highest BCUT2D eigenvalue weighted by atomic mass is 32.2. The molecule has 22 heavy (non-hydrogen) atoms. The van der Waals surface area contributed by atoms with Crippen LogP contribution in [0.1, 0.15) is 30.9 Å². The van der Waals surface area contributed by atoms with Crippen molar-refractivity contribution in [3.05, 3.63) is 53.7 Å². The Morgan fingerprint density at radius 3 is 2.68 bits per heavy atom. The Morgan fingerprint density at radius 1 is 1.23 bits per heavy atom. The highest BCUT2D eigenvalue weighted by Gasteiger charge is 2.09. The molecule has 0 spiro atoms. The Kier molecular flexibility index (Phi) is 6.28. The SMILES string of the molecule is Cc1cc(OC[C@@H](O)CSc2ccccn2)ccc1C(C)C. The quantitative estimate of drug-likeness (QED) is 0.783. The number of aromatic nitrogens is 1. The van der Waals surface area contributed by atoms with Gasteiger partial charge < -0.3 is 9.84 Å². The van der Waals surface area contributed by atoms with Crippen molar-refractivity contribution in [3.8, 4) is 5.75 Å². The van der Waals surface area contributed by atoms with Crippen LogP contribution in [0.15, 0.2) is 47.6 Å². The zero-order chi connectivity index (χ0) is 15.9. The summed E-state index contributed by atoms with van der Waals surface area (Å²) in [7, 11) is 0. The van der Waals surface area contributed by atoms with Gasteiger partial charge in [0, 0.05) is 11.9 Å². The van der Waals surface area contributed by atoms with Crippen LogP contribution in [0, 0.1) is 6.92 Å². The maximum atomic E-state index is 10.0. The molecule has 0 bridgehead atoms. The third-order valence-corrected chi connectivity index (χ3v) is 4.46. The zero-order valence-corrected chi connectivity index (χ0v) is 14.1. The summed E-state index contributed by atoms with van der Waals surface area (Å²) in [5.41, 5.74) is 2.56. The second-order valence-corrected chi connectivity index (χ2v) is 6.66. The van der Waals surface area contributed by atoms with Crippen molar-refractivity contribution < 1.29 is 9.84 Å². The van der Waals surface area contributed by atoms with Gasteiger partial charge in [0.15, 0.2) is 0 Å². The smallest absolute Gasteiger partial charge is 0.119 e. The summed E-state index contributed by atoms with van der Waals surface area (Å²) >= 11 is 1.53. The highest BCUT2D eigenvalue weighted by molar-refractivity contribution is 7.99. The molecule has 1 atom stereocenters. The molecule has 0 unspecified atom stereocenters. The van der Waals surface area contributed by atoms with E-state index in [-0.39, 0.29) is 0 Å². The van der Waals surface area contributed by atoms with Crippen molar-refractivity contribution in [1.29, 1.82) is 0 Å². The molecule has 0 fully saturated rings. The number of rotatable bonds is 7. The number of nitrogens with zero attached hydrogens (tertiary/aromatic N) is 1. The monoisotopic (exact) mass is 317 g/mol. The number of benzene rings is 1. The van der Waals surface area contributed by atoms with Crippen molar-refractivity contribution in [2.75, 3.05) is 12.4 Å². The number of ether oxygens (including phenoxy) is 1. The van der Waals surface area contributed by atoms with E-state index in [9.17, 15) is 5.11 Å². The van der Waals surface area contributed by atoms with Gasteiger partial charge in [0.1, 0.15) is 12.4 Å². The van der Waals surface area contributed by atoms with Crippen molar-refractivity contribution in [2.24, 2.45) is 0 Å². The van der Waals surface area contributed by atoms with Crippen molar-refractivity contribution in [3.63, 3.8) is 0 Å². The van der Waals surface area contributed by atoms with Crippen LogP contribution in [0.4, 0.5) is 0 Å². The molecule has 0 aliphatic carbocycles. The second kappa shape index (κ2) is 8.20. The van der Waals surface area contributed by atoms with E-state index < -0.39 is 6.10 Å². The maximum absolute atomic E-state index is 10.0. The molecule has 1 aromatic carbocycles. The Bertz CT molecular complexity index is 587. The molecular formula is C18H23NO2S. The summed E-state index contributed by atoms with van der Waals surface area (Å²) in [5, 5.41) is 10.9. The lowest BCUT2D eigenvalue weighted by Gasteiger charge is -2.14. The first-order chi connectivity index (χ1) is 10.6. The first kappa shape index (κ1) is 16.8. The molecule has 0 amide bonds. The first-order valence-electron chi connectivity index (χ1n) is 7.51. The highest BCUT2D eigenvalue weighted by Crippen LogP contribution is 2.23. The molecule has 1 aromatic heterocycles. The van der Waals surface area contributed by atoms with Crippen LogP contribution in [0.3, 0.4) is 0 Å². The van der Waals surface area contributed by atoms with Gasteiger partial charge in [0.05, 0.1) is 11.1 Å². The molecular weight excluding hydrogens is 294 g/mol. The lowest BCUT2D eigenvalue weighted by Crippen LogP contribution is -2.20. The normalized spacial score (nSPS) is 12.4. The molecule has 0 aliphatic heterocycles. The van der Waals surface area contributed by atoms with Gasteiger partial charge in [-0.15, -0.1) is 11.8 Å². The number of aliphatic hydroxyl groups is 1. The summed E-state index contributed by atoms with van der Waals surface area (Å²) in [6.07, 6.45) is 1.24. The molecule has 3 nitrogen and oxygen atoms in total. The van der Waals surface area contributed by atoms with E-state index in [0.29, 0.717) is 18.3 Å². The molecule has 4 heteroatoms. The van der Waals surface area contributed by atoms with E-state index in [4.69, 9.17) is 4.74 Å². The van der Waals surface area contributed by atoms with Gasteiger partial charge >= 0.3 is 0 Å². The summed E-state index contributed by atoms with van der Waals surface area (Å²) in [6, 6.07) is 11.9. The maximum Gasteiger partial charge on any atom is 0.119 e. The largest absolute Gasteiger partial charge is 0.491 e. The minimum absolute atomic E-state index is 0.292. The van der Waals surface area contributed by atoms with Gasteiger partial charge in [-0.05, 0) is 48.2 Å². The van der Waals surface area contributed by atoms with Crippen LogP contribution in [0.25, 0.3) is 0 Å². The van der Waals surface area contributed by atoms with Crippen molar-refractivity contribution >= 4 is 11.8 Å². The molecule has 0 saturated carbocycles. The molecule has 2 rings (SSSR count). The van der Waals surface area contributed by atoms with Gasteiger partial charge in [-0.3, -0.25) is 0 Å². The van der Waals surface area contributed by atoms with E-state index in [2.05, 4.69) is 31.8 Å². The van der Waals surface area contributed by atoms with Crippen molar-refractivity contribution in [1.82, 2.24) is 4.98 Å². The zero-order valence-electron chi connectivity index (χ0n) is 13.3. The summed E-state index contributed by atoms with van der Waals surface area (Å²) in [5.74, 6) is 1.89. The standard InChI is InChI=1S/C18H23NO2S/c1-13(2)17-8-7-16(10-14(17)3)21-11-15(20)12-22-18-6-4-5-9-19-18/h4-10,13,15,20H,11-12H2,1-3H3/t15-/m1/s1. The van der Waals surface area contributed by atoms with E-state index in [1.807, 2.05) is 30.3 Å².